The van der Waals surface area contributed by atoms with Gasteiger partial charge in [0.25, 0.3) is 0 Å². The van der Waals surface area contributed by atoms with Gasteiger partial charge in [0, 0.05) is 12.6 Å². The first-order valence-electron chi connectivity index (χ1n) is 9.09. The largest absolute Gasteiger partial charge is 0.496 e. The highest BCUT2D eigenvalue weighted by Gasteiger charge is 2.21. The summed E-state index contributed by atoms with van der Waals surface area (Å²) in [7, 11) is 3.54. The number of rotatable bonds is 5. The molecule has 0 heterocycles. The zero-order valence-electron chi connectivity index (χ0n) is 15.4. The summed E-state index contributed by atoms with van der Waals surface area (Å²) in [4.78, 5) is 14.6. The van der Waals surface area contributed by atoms with Crippen molar-refractivity contribution in [1.82, 2.24) is 4.90 Å². The molecular formula is C22H27NO2. The molecule has 3 nitrogen and oxygen atoms in total. The molecule has 1 aliphatic carbocycles. The van der Waals surface area contributed by atoms with Crippen molar-refractivity contribution in [2.75, 3.05) is 14.2 Å². The van der Waals surface area contributed by atoms with Gasteiger partial charge >= 0.3 is 0 Å². The van der Waals surface area contributed by atoms with Crippen molar-refractivity contribution < 1.29 is 9.53 Å². The molecule has 2 aromatic carbocycles. The molecule has 0 radical (unpaired) electrons. The van der Waals surface area contributed by atoms with Gasteiger partial charge in [0.1, 0.15) is 5.75 Å². The molecule has 3 rings (SSSR count). The molecule has 0 N–H and O–H groups in total. The van der Waals surface area contributed by atoms with Gasteiger partial charge in [-0.05, 0) is 55.4 Å². The van der Waals surface area contributed by atoms with Crippen molar-refractivity contribution in [2.45, 2.75) is 45.1 Å². The highest BCUT2D eigenvalue weighted by molar-refractivity contribution is 5.79. The summed E-state index contributed by atoms with van der Waals surface area (Å²) in [5, 5.41) is 0. The molecule has 25 heavy (non-hydrogen) atoms. The van der Waals surface area contributed by atoms with Crippen LogP contribution < -0.4 is 4.74 Å². The number of methoxy groups -OCH3 is 1. The van der Waals surface area contributed by atoms with E-state index in [2.05, 4.69) is 18.2 Å². The van der Waals surface area contributed by atoms with Gasteiger partial charge in [-0.15, -0.1) is 0 Å². The number of amides is 1. The number of fused-ring (bicyclic) bond motifs is 1. The van der Waals surface area contributed by atoms with E-state index in [1.54, 1.807) is 7.11 Å². The summed E-state index contributed by atoms with van der Waals surface area (Å²) in [5.74, 6) is 0.956. The standard InChI is InChI=1S/C22H27NO2/c1-16(20-10-6-7-11-21(20)25-3)23(2)22(24)15-17-12-13-18-8-4-5-9-19(18)14-17/h6-7,10-14,16H,4-5,8-9,15H2,1-3H3. The number of hydrogen-bond donors (Lipinski definition) is 0. The Balaban J connectivity index is 1.72. The van der Waals surface area contributed by atoms with E-state index in [9.17, 15) is 4.79 Å². The lowest BCUT2D eigenvalue weighted by Gasteiger charge is -2.27. The summed E-state index contributed by atoms with van der Waals surface area (Å²) < 4.78 is 5.44. The molecule has 1 atom stereocenters. The summed E-state index contributed by atoms with van der Waals surface area (Å²) in [6, 6.07) is 14.4. The topological polar surface area (TPSA) is 29.5 Å². The van der Waals surface area contributed by atoms with Crippen LogP contribution in [0, 0.1) is 0 Å². The number of carbonyl (C=O) groups is 1. The molecule has 0 bridgehead atoms. The number of likely N-dealkylation sites (N-methyl/N-ethyl adjacent to an activating group) is 1. The van der Waals surface area contributed by atoms with E-state index in [-0.39, 0.29) is 11.9 Å². The van der Waals surface area contributed by atoms with Crippen LogP contribution in [0.2, 0.25) is 0 Å². The highest BCUT2D eigenvalue weighted by Crippen LogP contribution is 2.29. The van der Waals surface area contributed by atoms with Crippen molar-refractivity contribution in [3.05, 3.63) is 64.7 Å². The first kappa shape index (κ1) is 17.5. The van der Waals surface area contributed by atoms with Crippen LogP contribution in [0.1, 0.15) is 48.1 Å². The molecule has 1 aliphatic rings. The fourth-order valence-corrected chi connectivity index (χ4v) is 3.63. The van der Waals surface area contributed by atoms with Crippen LogP contribution in [0.4, 0.5) is 0 Å². The number of hydrogen-bond acceptors (Lipinski definition) is 2. The van der Waals surface area contributed by atoms with Gasteiger partial charge in [-0.3, -0.25) is 4.79 Å². The summed E-state index contributed by atoms with van der Waals surface area (Å²) >= 11 is 0. The second kappa shape index (κ2) is 7.73. The van der Waals surface area contributed by atoms with E-state index in [1.165, 1.54) is 30.4 Å². The Morgan fingerprint density at radius 1 is 1.12 bits per heavy atom. The molecule has 0 saturated heterocycles. The van der Waals surface area contributed by atoms with Crippen LogP contribution in [0.3, 0.4) is 0 Å². The molecule has 2 aromatic rings. The maximum atomic E-state index is 12.8. The lowest BCUT2D eigenvalue weighted by molar-refractivity contribution is -0.131. The van der Waals surface area contributed by atoms with Crippen molar-refractivity contribution in [2.24, 2.45) is 0 Å². The molecule has 0 fully saturated rings. The van der Waals surface area contributed by atoms with Gasteiger partial charge in [-0.2, -0.15) is 0 Å². The van der Waals surface area contributed by atoms with Crippen molar-refractivity contribution in [3.8, 4) is 5.75 Å². The Hall–Kier alpha value is -2.29. The fraction of sp³-hybridized carbons (Fsp3) is 0.409. The quantitative estimate of drug-likeness (QED) is 0.812. The van der Waals surface area contributed by atoms with Gasteiger partial charge in [0.15, 0.2) is 0 Å². The van der Waals surface area contributed by atoms with Gasteiger partial charge in [-0.1, -0.05) is 36.4 Å². The second-order valence-electron chi connectivity index (χ2n) is 6.91. The van der Waals surface area contributed by atoms with Gasteiger partial charge in [-0.25, -0.2) is 0 Å². The minimum Gasteiger partial charge on any atom is -0.496 e. The first-order chi connectivity index (χ1) is 12.1. The molecular weight excluding hydrogens is 310 g/mol. The van der Waals surface area contributed by atoms with Crippen LogP contribution in [0.5, 0.6) is 5.75 Å². The van der Waals surface area contributed by atoms with Crippen LogP contribution >= 0.6 is 0 Å². The molecule has 3 heteroatoms. The van der Waals surface area contributed by atoms with Crippen LogP contribution in [0.15, 0.2) is 42.5 Å². The summed E-state index contributed by atoms with van der Waals surface area (Å²) in [6.45, 7) is 2.04. The zero-order chi connectivity index (χ0) is 17.8. The third-order valence-electron chi connectivity index (χ3n) is 5.33. The zero-order valence-corrected chi connectivity index (χ0v) is 15.4. The third kappa shape index (κ3) is 3.87. The maximum absolute atomic E-state index is 12.8. The average molecular weight is 337 g/mol. The van der Waals surface area contributed by atoms with E-state index in [4.69, 9.17) is 4.74 Å². The second-order valence-corrected chi connectivity index (χ2v) is 6.91. The fourth-order valence-electron chi connectivity index (χ4n) is 3.63. The lowest BCUT2D eigenvalue weighted by atomic mass is 9.90. The SMILES string of the molecule is COc1ccccc1C(C)N(C)C(=O)Cc1ccc2c(c1)CCCC2. The summed E-state index contributed by atoms with van der Waals surface area (Å²) in [5.41, 5.74) is 5.03. The van der Waals surface area contributed by atoms with Crippen LogP contribution in [-0.2, 0) is 24.1 Å². The van der Waals surface area contributed by atoms with E-state index >= 15 is 0 Å². The van der Waals surface area contributed by atoms with Gasteiger partial charge in [0.05, 0.1) is 19.6 Å². The average Bonchev–Trinajstić information content (AvgIpc) is 2.66. The summed E-state index contributed by atoms with van der Waals surface area (Å²) in [6.07, 6.45) is 5.31. The van der Waals surface area contributed by atoms with Crippen LogP contribution in [0.25, 0.3) is 0 Å². The Labute approximate surface area is 150 Å². The number of para-hydroxylation sites is 1. The predicted molar refractivity (Wildman–Crippen MR) is 101 cm³/mol. The van der Waals surface area contributed by atoms with Gasteiger partial charge < -0.3 is 9.64 Å². The van der Waals surface area contributed by atoms with E-state index in [0.717, 1.165) is 23.3 Å². The van der Waals surface area contributed by atoms with Crippen molar-refractivity contribution in [1.29, 1.82) is 0 Å². The maximum Gasteiger partial charge on any atom is 0.227 e. The number of nitrogens with zero attached hydrogens (tertiary/aromatic N) is 1. The molecule has 0 aromatic heterocycles. The Morgan fingerprint density at radius 3 is 2.60 bits per heavy atom. The minimum atomic E-state index is -0.0266. The number of aryl methyl sites for hydroxylation is 2. The van der Waals surface area contributed by atoms with Crippen LogP contribution in [-0.4, -0.2) is 25.0 Å². The molecule has 0 spiro atoms. The molecule has 1 unspecified atom stereocenters. The Bertz CT molecular complexity index is 753. The minimum absolute atomic E-state index is 0.0266. The van der Waals surface area contributed by atoms with E-state index in [1.807, 2.05) is 43.1 Å². The normalized spacial score (nSPS) is 14.5. The molecule has 0 saturated carbocycles. The third-order valence-corrected chi connectivity index (χ3v) is 5.33. The Morgan fingerprint density at radius 2 is 1.84 bits per heavy atom. The highest BCUT2D eigenvalue weighted by atomic mass is 16.5. The van der Waals surface area contributed by atoms with Crippen molar-refractivity contribution >= 4 is 5.91 Å². The van der Waals surface area contributed by atoms with E-state index < -0.39 is 0 Å². The first-order valence-corrected chi connectivity index (χ1v) is 9.09. The number of ether oxygens (including phenoxy) is 1. The Kier molecular flexibility index (Phi) is 5.42. The molecule has 132 valence electrons. The predicted octanol–water partition coefficient (Wildman–Crippen LogP) is 4.34. The molecule has 1 amide bonds. The van der Waals surface area contributed by atoms with Gasteiger partial charge in [0.2, 0.25) is 5.91 Å². The lowest BCUT2D eigenvalue weighted by Crippen LogP contribution is -2.31. The van der Waals surface area contributed by atoms with E-state index in [0.29, 0.717) is 6.42 Å². The molecule has 0 aliphatic heterocycles. The smallest absolute Gasteiger partial charge is 0.227 e. The number of benzene rings is 2. The van der Waals surface area contributed by atoms with Crippen molar-refractivity contribution in [3.63, 3.8) is 0 Å². The monoisotopic (exact) mass is 337 g/mol. The number of carbonyl (C=O) groups excluding carboxylic acids is 1.